The van der Waals surface area contributed by atoms with Crippen LogP contribution in [0.4, 0.5) is 4.39 Å². The van der Waals surface area contributed by atoms with Crippen molar-refractivity contribution in [1.29, 1.82) is 0 Å². The van der Waals surface area contributed by atoms with Gasteiger partial charge in [-0.3, -0.25) is 14.6 Å². The second-order valence-corrected chi connectivity index (χ2v) is 6.27. The second-order valence-electron chi connectivity index (χ2n) is 6.27. The smallest absolute Gasteiger partial charge is 0.265 e. The summed E-state index contributed by atoms with van der Waals surface area (Å²) >= 11 is 0. The second kappa shape index (κ2) is 7.17. The molecule has 28 heavy (non-hydrogen) atoms. The number of halogens is 1. The van der Waals surface area contributed by atoms with Gasteiger partial charge in [0.15, 0.2) is 0 Å². The van der Waals surface area contributed by atoms with E-state index in [9.17, 15) is 19.1 Å². The first-order chi connectivity index (χ1) is 13.6. The highest BCUT2D eigenvalue weighted by atomic mass is 19.1. The van der Waals surface area contributed by atoms with E-state index in [4.69, 9.17) is 0 Å². The fraction of sp³-hybridized carbons (Fsp3) is 0.0455. The quantitative estimate of drug-likeness (QED) is 0.709. The molecule has 2 heterocycles. The first-order valence-corrected chi connectivity index (χ1v) is 8.60. The fourth-order valence-electron chi connectivity index (χ4n) is 3.10. The number of benzene rings is 2. The number of amides is 2. The van der Waals surface area contributed by atoms with Crippen molar-refractivity contribution in [2.45, 2.75) is 6.10 Å². The van der Waals surface area contributed by atoms with E-state index in [2.05, 4.69) is 4.98 Å². The summed E-state index contributed by atoms with van der Waals surface area (Å²) < 4.78 is 13.1. The summed E-state index contributed by atoms with van der Waals surface area (Å²) in [7, 11) is 0. The maximum absolute atomic E-state index is 13.1. The summed E-state index contributed by atoms with van der Waals surface area (Å²) in [5, 5.41) is 10.6. The number of fused-ring (bicyclic) bond motifs is 1. The number of carbonyl (C=O) groups is 2. The molecule has 0 fully saturated rings. The Morgan fingerprint density at radius 3 is 2.21 bits per heavy atom. The Balaban J connectivity index is 1.64. The van der Waals surface area contributed by atoms with Crippen molar-refractivity contribution in [2.75, 3.05) is 0 Å². The molecule has 0 saturated carbocycles. The molecule has 1 N–H and O–H groups in total. The SMILES string of the molecule is O=C1c2ccccc2C(=O)N1/C=C/c1cccnc1C(O)c1ccc(F)cc1. The molecule has 1 aliphatic rings. The van der Waals surface area contributed by atoms with Crippen LogP contribution in [0.25, 0.3) is 6.08 Å². The van der Waals surface area contributed by atoms with E-state index in [0.29, 0.717) is 27.9 Å². The van der Waals surface area contributed by atoms with Gasteiger partial charge >= 0.3 is 0 Å². The molecule has 0 saturated heterocycles. The third-order valence-corrected chi connectivity index (χ3v) is 4.54. The van der Waals surface area contributed by atoms with Gasteiger partial charge in [0.1, 0.15) is 11.9 Å². The fourth-order valence-corrected chi connectivity index (χ4v) is 3.10. The normalized spacial score (nSPS) is 14.6. The van der Waals surface area contributed by atoms with Crippen molar-refractivity contribution < 1.29 is 19.1 Å². The number of carbonyl (C=O) groups excluding carboxylic acids is 2. The van der Waals surface area contributed by atoms with E-state index < -0.39 is 23.7 Å². The van der Waals surface area contributed by atoms with Crippen molar-refractivity contribution in [2.24, 2.45) is 0 Å². The molecule has 6 heteroatoms. The molecule has 0 aliphatic carbocycles. The van der Waals surface area contributed by atoms with Crippen LogP contribution in [0.3, 0.4) is 0 Å². The van der Waals surface area contributed by atoms with Crippen molar-refractivity contribution >= 4 is 17.9 Å². The lowest BCUT2D eigenvalue weighted by molar-refractivity contribution is 0.0722. The monoisotopic (exact) mass is 374 g/mol. The zero-order valence-electron chi connectivity index (χ0n) is 14.6. The number of hydrogen-bond donors (Lipinski definition) is 1. The third kappa shape index (κ3) is 3.10. The molecule has 2 aromatic carbocycles. The maximum atomic E-state index is 13.1. The molecule has 1 unspecified atom stereocenters. The van der Waals surface area contributed by atoms with Crippen molar-refractivity contribution in [3.63, 3.8) is 0 Å². The van der Waals surface area contributed by atoms with E-state index in [1.54, 1.807) is 42.5 Å². The number of rotatable bonds is 4. The van der Waals surface area contributed by atoms with Gasteiger partial charge in [-0.15, -0.1) is 0 Å². The van der Waals surface area contributed by atoms with Gasteiger partial charge in [0.25, 0.3) is 11.8 Å². The van der Waals surface area contributed by atoms with E-state index in [1.165, 1.54) is 36.7 Å². The Kier molecular flexibility index (Phi) is 4.55. The van der Waals surface area contributed by atoms with Crippen LogP contribution in [0.5, 0.6) is 0 Å². The van der Waals surface area contributed by atoms with E-state index in [0.717, 1.165) is 4.90 Å². The van der Waals surface area contributed by atoms with Gasteiger partial charge in [0.05, 0.1) is 16.8 Å². The molecule has 5 nitrogen and oxygen atoms in total. The molecule has 0 bridgehead atoms. The Bertz CT molecular complexity index is 1060. The summed E-state index contributed by atoms with van der Waals surface area (Å²) in [4.78, 5) is 30.2. The predicted molar refractivity (Wildman–Crippen MR) is 101 cm³/mol. The van der Waals surface area contributed by atoms with Crippen LogP contribution in [0.15, 0.2) is 73.1 Å². The van der Waals surface area contributed by atoms with Crippen LogP contribution in [0.1, 0.15) is 43.6 Å². The van der Waals surface area contributed by atoms with Gasteiger partial charge < -0.3 is 5.11 Å². The molecule has 4 rings (SSSR count). The summed E-state index contributed by atoms with van der Waals surface area (Å²) in [6.45, 7) is 0. The lowest BCUT2D eigenvalue weighted by Gasteiger charge is -2.14. The van der Waals surface area contributed by atoms with Gasteiger partial charge in [0, 0.05) is 18.0 Å². The summed E-state index contributed by atoms with van der Waals surface area (Å²) in [6.07, 6.45) is 3.38. The molecule has 1 aliphatic heterocycles. The molecule has 138 valence electrons. The van der Waals surface area contributed by atoms with Gasteiger partial charge in [-0.25, -0.2) is 9.29 Å². The minimum atomic E-state index is -1.08. The van der Waals surface area contributed by atoms with Crippen molar-refractivity contribution in [3.05, 3.63) is 107 Å². The topological polar surface area (TPSA) is 70.5 Å². The Morgan fingerprint density at radius 1 is 0.929 bits per heavy atom. The van der Waals surface area contributed by atoms with Gasteiger partial charge in [-0.05, 0) is 42.0 Å². The van der Waals surface area contributed by atoms with Crippen LogP contribution in [-0.4, -0.2) is 26.8 Å². The number of pyridine rings is 1. The number of hydrogen-bond acceptors (Lipinski definition) is 4. The molecular weight excluding hydrogens is 359 g/mol. The Hall–Kier alpha value is -3.64. The minimum absolute atomic E-state index is 0.335. The molecule has 0 radical (unpaired) electrons. The predicted octanol–water partition coefficient (Wildman–Crippen LogP) is 3.57. The lowest BCUT2D eigenvalue weighted by atomic mass is 10.0. The van der Waals surface area contributed by atoms with Crippen molar-refractivity contribution in [1.82, 2.24) is 9.88 Å². The maximum Gasteiger partial charge on any atom is 0.265 e. The Morgan fingerprint density at radius 2 is 1.57 bits per heavy atom. The van der Waals surface area contributed by atoms with Crippen LogP contribution < -0.4 is 0 Å². The zero-order valence-corrected chi connectivity index (χ0v) is 14.6. The number of aliphatic hydroxyl groups is 1. The highest BCUT2D eigenvalue weighted by molar-refractivity contribution is 6.22. The van der Waals surface area contributed by atoms with Gasteiger partial charge in [-0.1, -0.05) is 30.3 Å². The van der Waals surface area contributed by atoms with E-state index in [-0.39, 0.29) is 0 Å². The molecular formula is C22H15FN2O3. The third-order valence-electron chi connectivity index (χ3n) is 4.54. The van der Waals surface area contributed by atoms with Crippen LogP contribution in [0.2, 0.25) is 0 Å². The summed E-state index contributed by atoms with van der Waals surface area (Å²) in [6, 6.07) is 15.5. The number of aliphatic hydroxyl groups excluding tert-OH is 1. The molecule has 1 aromatic heterocycles. The molecule has 2 amide bonds. The number of nitrogens with zero attached hydrogens (tertiary/aromatic N) is 2. The first kappa shape index (κ1) is 17.8. The summed E-state index contributed by atoms with van der Waals surface area (Å²) in [5.41, 5.74) is 2.07. The van der Waals surface area contributed by atoms with Crippen LogP contribution in [0, 0.1) is 5.82 Å². The minimum Gasteiger partial charge on any atom is -0.382 e. The number of imide groups is 1. The standard InChI is InChI=1S/C22H15FN2O3/c23-16-9-7-15(8-10-16)20(26)19-14(4-3-12-24-19)11-13-25-21(27)17-5-1-2-6-18(17)22(25)28/h1-13,20,26H/b13-11+. The average molecular weight is 374 g/mol. The molecule has 1 atom stereocenters. The largest absolute Gasteiger partial charge is 0.382 e. The average Bonchev–Trinajstić information content (AvgIpc) is 2.97. The molecule has 0 spiro atoms. The number of aromatic nitrogens is 1. The van der Waals surface area contributed by atoms with Crippen LogP contribution in [-0.2, 0) is 0 Å². The van der Waals surface area contributed by atoms with E-state index in [1.807, 2.05) is 0 Å². The zero-order chi connectivity index (χ0) is 19.7. The van der Waals surface area contributed by atoms with Crippen molar-refractivity contribution in [3.8, 4) is 0 Å². The molecule has 3 aromatic rings. The first-order valence-electron chi connectivity index (χ1n) is 8.60. The highest BCUT2D eigenvalue weighted by Crippen LogP contribution is 2.26. The van der Waals surface area contributed by atoms with E-state index >= 15 is 0 Å². The highest BCUT2D eigenvalue weighted by Gasteiger charge is 2.33. The lowest BCUT2D eigenvalue weighted by Crippen LogP contribution is -2.23. The van der Waals surface area contributed by atoms with Gasteiger partial charge in [0.2, 0.25) is 0 Å². The van der Waals surface area contributed by atoms with Gasteiger partial charge in [-0.2, -0.15) is 0 Å². The van der Waals surface area contributed by atoms with Crippen LogP contribution >= 0.6 is 0 Å². The Labute approximate surface area is 160 Å². The summed E-state index contributed by atoms with van der Waals surface area (Å²) in [5.74, 6) is -1.20.